The summed E-state index contributed by atoms with van der Waals surface area (Å²) in [6.45, 7) is 1.84. The Hall–Kier alpha value is -0.580. The molecule has 0 amide bonds. The van der Waals surface area contributed by atoms with E-state index in [1.807, 2.05) is 7.05 Å². The second kappa shape index (κ2) is 3.88. The van der Waals surface area contributed by atoms with E-state index in [-0.39, 0.29) is 5.92 Å². The summed E-state index contributed by atoms with van der Waals surface area (Å²) in [6.07, 6.45) is 2.19. The van der Waals surface area contributed by atoms with Gasteiger partial charge in [-0.25, -0.2) is 4.98 Å². The third kappa shape index (κ3) is 1.65. The predicted molar refractivity (Wildman–Crippen MR) is 54.2 cm³/mol. The number of aliphatic hydroxyl groups is 1. The van der Waals surface area contributed by atoms with Crippen LogP contribution in [0.15, 0.2) is 6.20 Å². The molecule has 1 aromatic rings. The maximum atomic E-state index is 10.1. The first-order valence-corrected chi connectivity index (χ1v) is 5.14. The van der Waals surface area contributed by atoms with E-state index in [0.29, 0.717) is 5.28 Å². The van der Waals surface area contributed by atoms with E-state index in [9.17, 15) is 5.11 Å². The molecular formula is C9H14ClN3O. The van der Waals surface area contributed by atoms with Crippen LogP contribution in [0.2, 0.25) is 5.28 Å². The van der Waals surface area contributed by atoms with Crippen LogP contribution < -0.4 is 5.32 Å². The molecule has 1 fully saturated rings. The predicted octanol–water partition coefficient (Wildman–Crippen LogP) is 0.716. The minimum Gasteiger partial charge on any atom is -0.386 e. The van der Waals surface area contributed by atoms with Crippen molar-refractivity contribution in [3.05, 3.63) is 17.2 Å². The van der Waals surface area contributed by atoms with Gasteiger partial charge in [0.15, 0.2) is 0 Å². The van der Waals surface area contributed by atoms with Crippen LogP contribution in [0.5, 0.6) is 0 Å². The monoisotopic (exact) mass is 215 g/mol. The topological polar surface area (TPSA) is 50.1 Å². The molecule has 2 atom stereocenters. The number of rotatable bonds is 2. The SMILES string of the molecule is Cn1c(C(O)[C@H]2CCNC2)cnc1Cl. The number of aliphatic hydroxyl groups excluding tert-OH is 1. The molecule has 0 aromatic carbocycles. The highest BCUT2D eigenvalue weighted by atomic mass is 35.5. The molecule has 2 rings (SSSR count). The number of hydrogen-bond donors (Lipinski definition) is 2. The Balaban J connectivity index is 2.17. The largest absolute Gasteiger partial charge is 0.386 e. The van der Waals surface area contributed by atoms with E-state index in [0.717, 1.165) is 25.2 Å². The highest BCUT2D eigenvalue weighted by molar-refractivity contribution is 6.28. The normalized spacial score (nSPS) is 24.1. The van der Waals surface area contributed by atoms with E-state index >= 15 is 0 Å². The Morgan fingerprint density at radius 1 is 1.79 bits per heavy atom. The van der Waals surface area contributed by atoms with Crippen molar-refractivity contribution >= 4 is 11.6 Å². The lowest BCUT2D eigenvalue weighted by molar-refractivity contribution is 0.111. The van der Waals surface area contributed by atoms with Gasteiger partial charge in [0, 0.05) is 19.5 Å². The van der Waals surface area contributed by atoms with Crippen LogP contribution >= 0.6 is 11.6 Å². The van der Waals surface area contributed by atoms with Crippen LogP contribution in [0, 0.1) is 5.92 Å². The van der Waals surface area contributed by atoms with Crippen molar-refractivity contribution in [1.29, 1.82) is 0 Å². The van der Waals surface area contributed by atoms with Gasteiger partial charge in [0.1, 0.15) is 0 Å². The zero-order valence-corrected chi connectivity index (χ0v) is 8.83. The van der Waals surface area contributed by atoms with Gasteiger partial charge in [0.2, 0.25) is 5.28 Å². The van der Waals surface area contributed by atoms with E-state index in [1.165, 1.54) is 0 Å². The Bertz CT molecular complexity index is 320. The van der Waals surface area contributed by atoms with Gasteiger partial charge in [0.25, 0.3) is 0 Å². The number of nitrogens with one attached hydrogen (secondary N) is 1. The Morgan fingerprint density at radius 3 is 3.07 bits per heavy atom. The molecule has 5 heteroatoms. The molecule has 2 heterocycles. The van der Waals surface area contributed by atoms with Gasteiger partial charge in [-0.05, 0) is 24.6 Å². The summed E-state index contributed by atoms with van der Waals surface area (Å²) in [4.78, 5) is 3.96. The van der Waals surface area contributed by atoms with Crippen molar-refractivity contribution < 1.29 is 5.11 Å². The summed E-state index contributed by atoms with van der Waals surface area (Å²) >= 11 is 5.81. The summed E-state index contributed by atoms with van der Waals surface area (Å²) < 4.78 is 1.73. The third-order valence-corrected chi connectivity index (χ3v) is 3.17. The first-order chi connectivity index (χ1) is 6.70. The molecule has 78 valence electrons. The molecule has 1 unspecified atom stereocenters. The fraction of sp³-hybridized carbons (Fsp3) is 0.667. The van der Waals surface area contributed by atoms with Crippen LogP contribution in [0.3, 0.4) is 0 Å². The second-order valence-corrected chi connectivity index (χ2v) is 4.05. The summed E-state index contributed by atoms with van der Waals surface area (Å²) in [5, 5.41) is 13.7. The Kier molecular flexibility index (Phi) is 2.76. The van der Waals surface area contributed by atoms with Gasteiger partial charge in [0.05, 0.1) is 18.0 Å². The second-order valence-electron chi connectivity index (χ2n) is 3.71. The molecule has 0 aliphatic carbocycles. The Labute approximate surface area is 87.9 Å². The quantitative estimate of drug-likeness (QED) is 0.765. The fourth-order valence-corrected chi connectivity index (χ4v) is 2.01. The van der Waals surface area contributed by atoms with E-state index in [4.69, 9.17) is 11.6 Å². The molecule has 0 spiro atoms. The smallest absolute Gasteiger partial charge is 0.202 e. The lowest BCUT2D eigenvalue weighted by atomic mass is 9.99. The molecular weight excluding hydrogens is 202 g/mol. The first kappa shape index (κ1) is 9.96. The molecule has 4 nitrogen and oxygen atoms in total. The van der Waals surface area contributed by atoms with Gasteiger partial charge < -0.3 is 15.0 Å². The van der Waals surface area contributed by atoms with E-state index < -0.39 is 6.10 Å². The van der Waals surface area contributed by atoms with Crippen LogP contribution in [0.4, 0.5) is 0 Å². The number of imidazole rings is 1. The molecule has 1 aliphatic rings. The van der Waals surface area contributed by atoms with Gasteiger partial charge in [-0.2, -0.15) is 0 Å². The number of halogens is 1. The molecule has 1 aromatic heterocycles. The zero-order valence-electron chi connectivity index (χ0n) is 8.07. The van der Waals surface area contributed by atoms with Crippen molar-refractivity contribution in [2.45, 2.75) is 12.5 Å². The average Bonchev–Trinajstić information content (AvgIpc) is 2.77. The summed E-state index contributed by atoms with van der Waals surface area (Å²) in [5.74, 6) is 0.279. The molecule has 0 radical (unpaired) electrons. The lowest BCUT2D eigenvalue weighted by Gasteiger charge is -2.17. The minimum atomic E-state index is -0.463. The standard InChI is InChI=1S/C9H14ClN3O/c1-13-7(5-12-9(13)10)8(14)6-2-3-11-4-6/h5-6,8,11,14H,2-4H2,1H3/t6-,8?/m0/s1. The van der Waals surface area contributed by atoms with Crippen molar-refractivity contribution in [1.82, 2.24) is 14.9 Å². The maximum Gasteiger partial charge on any atom is 0.202 e. The van der Waals surface area contributed by atoms with E-state index in [2.05, 4.69) is 10.3 Å². The van der Waals surface area contributed by atoms with Crippen LogP contribution in [-0.2, 0) is 7.05 Å². The van der Waals surface area contributed by atoms with Crippen LogP contribution in [0.1, 0.15) is 18.2 Å². The molecule has 14 heavy (non-hydrogen) atoms. The maximum absolute atomic E-state index is 10.1. The Morgan fingerprint density at radius 2 is 2.57 bits per heavy atom. The van der Waals surface area contributed by atoms with Crippen molar-refractivity contribution in [2.24, 2.45) is 13.0 Å². The van der Waals surface area contributed by atoms with Crippen molar-refractivity contribution in [3.63, 3.8) is 0 Å². The summed E-state index contributed by atoms with van der Waals surface area (Å²) in [6, 6.07) is 0. The zero-order chi connectivity index (χ0) is 10.1. The highest BCUT2D eigenvalue weighted by Crippen LogP contribution is 2.27. The van der Waals surface area contributed by atoms with Gasteiger partial charge in [-0.3, -0.25) is 0 Å². The number of hydrogen-bond acceptors (Lipinski definition) is 3. The van der Waals surface area contributed by atoms with Crippen molar-refractivity contribution in [2.75, 3.05) is 13.1 Å². The van der Waals surface area contributed by atoms with Crippen LogP contribution in [0.25, 0.3) is 0 Å². The van der Waals surface area contributed by atoms with Gasteiger partial charge in [-0.1, -0.05) is 0 Å². The summed E-state index contributed by atoms with van der Waals surface area (Å²) in [5.41, 5.74) is 0.795. The van der Waals surface area contributed by atoms with E-state index in [1.54, 1.807) is 10.8 Å². The fourth-order valence-electron chi connectivity index (χ4n) is 1.86. The van der Waals surface area contributed by atoms with Crippen LogP contribution in [-0.4, -0.2) is 27.7 Å². The third-order valence-electron chi connectivity index (χ3n) is 2.82. The summed E-state index contributed by atoms with van der Waals surface area (Å²) in [7, 11) is 1.82. The van der Waals surface area contributed by atoms with Gasteiger partial charge in [-0.15, -0.1) is 0 Å². The minimum absolute atomic E-state index is 0.279. The molecule has 0 bridgehead atoms. The number of nitrogens with zero attached hydrogens (tertiary/aromatic N) is 2. The van der Waals surface area contributed by atoms with Crippen molar-refractivity contribution in [3.8, 4) is 0 Å². The average molecular weight is 216 g/mol. The highest BCUT2D eigenvalue weighted by Gasteiger charge is 2.26. The van der Waals surface area contributed by atoms with Gasteiger partial charge >= 0.3 is 0 Å². The molecule has 1 saturated heterocycles. The first-order valence-electron chi connectivity index (χ1n) is 4.76. The number of aromatic nitrogens is 2. The lowest BCUT2D eigenvalue weighted by Crippen LogP contribution is -2.18. The molecule has 2 N–H and O–H groups in total. The molecule has 1 aliphatic heterocycles. The molecule has 0 saturated carbocycles.